The molecule has 1 unspecified atom stereocenters. The molecule has 0 amide bonds. The van der Waals surface area contributed by atoms with Crippen LogP contribution >= 0.6 is 11.3 Å². The molecule has 6 heteroatoms. The van der Waals surface area contributed by atoms with E-state index < -0.39 is 5.92 Å². The molecule has 0 bridgehead atoms. The van der Waals surface area contributed by atoms with Gasteiger partial charge in [-0.3, -0.25) is 9.59 Å². The molecule has 1 aliphatic carbocycles. The second-order valence-electron chi connectivity index (χ2n) is 5.39. The maximum Gasteiger partial charge on any atom is 0.229 e. The second-order valence-corrected chi connectivity index (χ2v) is 6.37. The summed E-state index contributed by atoms with van der Waals surface area (Å²) < 4.78 is 5.41. The number of nitrogens with zero attached hydrogens (tertiary/aromatic N) is 1. The lowest BCUT2D eigenvalue weighted by Gasteiger charge is -2.30. The van der Waals surface area contributed by atoms with Crippen LogP contribution in [0.3, 0.4) is 0 Å². The number of hydrogen-bond acceptors (Lipinski definition) is 6. The molecule has 0 spiro atoms. The molecule has 0 saturated heterocycles. The van der Waals surface area contributed by atoms with Crippen molar-refractivity contribution in [3.05, 3.63) is 80.6 Å². The van der Waals surface area contributed by atoms with Crippen molar-refractivity contribution in [3.8, 4) is 6.07 Å². The number of fused-ring (bicyclic) bond motifs is 1. The highest BCUT2D eigenvalue weighted by Crippen LogP contribution is 2.45. The van der Waals surface area contributed by atoms with Crippen molar-refractivity contribution in [2.24, 2.45) is 5.73 Å². The average Bonchev–Trinajstić information content (AvgIpc) is 3.13. The van der Waals surface area contributed by atoms with Crippen LogP contribution in [0.15, 0.2) is 64.6 Å². The molecule has 0 saturated carbocycles. The van der Waals surface area contributed by atoms with E-state index in [2.05, 4.69) is 0 Å². The van der Waals surface area contributed by atoms with E-state index in [0.29, 0.717) is 11.1 Å². The highest BCUT2D eigenvalue weighted by atomic mass is 32.1. The van der Waals surface area contributed by atoms with Crippen LogP contribution in [0.4, 0.5) is 0 Å². The van der Waals surface area contributed by atoms with E-state index >= 15 is 0 Å². The monoisotopic (exact) mass is 334 g/mol. The number of benzene rings is 1. The van der Waals surface area contributed by atoms with Crippen molar-refractivity contribution >= 4 is 22.9 Å². The zero-order chi connectivity index (χ0) is 16.8. The number of hydrogen-bond donors (Lipinski definition) is 1. The first-order valence-corrected chi connectivity index (χ1v) is 8.05. The van der Waals surface area contributed by atoms with Crippen LogP contribution in [0.5, 0.6) is 0 Å². The molecule has 2 aromatic rings. The Hall–Kier alpha value is -3.17. The quantitative estimate of drug-likeness (QED) is 0.865. The fourth-order valence-electron chi connectivity index (χ4n) is 3.05. The van der Waals surface area contributed by atoms with Gasteiger partial charge in [-0.25, -0.2) is 0 Å². The molecule has 2 heterocycles. The maximum atomic E-state index is 13.0. The lowest BCUT2D eigenvalue weighted by Crippen LogP contribution is -2.32. The Labute approximate surface area is 141 Å². The van der Waals surface area contributed by atoms with Crippen LogP contribution in [-0.2, 0) is 4.74 Å². The topological polar surface area (TPSA) is 93.2 Å². The number of ketones is 2. The Morgan fingerprint density at radius 1 is 1.08 bits per heavy atom. The summed E-state index contributed by atoms with van der Waals surface area (Å²) in [6.07, 6.45) is 0. The van der Waals surface area contributed by atoms with Gasteiger partial charge in [0.05, 0.1) is 11.5 Å². The van der Waals surface area contributed by atoms with E-state index in [0.717, 1.165) is 4.88 Å². The molecular weight excluding hydrogens is 324 g/mol. The lowest BCUT2D eigenvalue weighted by atomic mass is 9.77. The number of carbonyl (C=O) groups excluding carboxylic acids is 2. The summed E-state index contributed by atoms with van der Waals surface area (Å²) in [5.74, 6) is -1.58. The molecule has 2 aliphatic rings. The van der Waals surface area contributed by atoms with Crippen molar-refractivity contribution < 1.29 is 14.3 Å². The summed E-state index contributed by atoms with van der Waals surface area (Å²) in [5.41, 5.74) is 6.81. The van der Waals surface area contributed by atoms with Crippen molar-refractivity contribution in [1.82, 2.24) is 0 Å². The zero-order valence-corrected chi connectivity index (χ0v) is 13.1. The number of thiophene rings is 1. The minimum Gasteiger partial charge on any atom is -0.436 e. The number of rotatable bonds is 1. The number of Topliss-reactive ketones (excluding diaryl/α,β-unsaturated/α-hetero) is 2. The van der Waals surface area contributed by atoms with Gasteiger partial charge in [-0.2, -0.15) is 5.26 Å². The molecule has 0 radical (unpaired) electrons. The van der Waals surface area contributed by atoms with Gasteiger partial charge in [-0.1, -0.05) is 30.3 Å². The Morgan fingerprint density at radius 3 is 2.42 bits per heavy atom. The van der Waals surface area contributed by atoms with Crippen molar-refractivity contribution in [3.63, 3.8) is 0 Å². The number of allylic oxidation sites excluding steroid dienone is 3. The average molecular weight is 334 g/mol. The van der Waals surface area contributed by atoms with Crippen LogP contribution in [0.2, 0.25) is 0 Å². The Bertz CT molecular complexity index is 994. The Morgan fingerprint density at radius 2 is 1.79 bits per heavy atom. The Kier molecular flexibility index (Phi) is 3.12. The molecule has 0 fully saturated rings. The van der Waals surface area contributed by atoms with Gasteiger partial charge in [0.15, 0.2) is 11.5 Å². The second kappa shape index (κ2) is 5.18. The fraction of sp³-hybridized carbons (Fsp3) is 0.0556. The molecule has 24 heavy (non-hydrogen) atoms. The van der Waals surface area contributed by atoms with E-state index in [4.69, 9.17) is 10.5 Å². The van der Waals surface area contributed by atoms with Gasteiger partial charge >= 0.3 is 0 Å². The lowest BCUT2D eigenvalue weighted by molar-refractivity contribution is 0.0897. The molecule has 1 aromatic heterocycles. The van der Waals surface area contributed by atoms with Crippen LogP contribution in [0, 0.1) is 11.3 Å². The number of ether oxygens (including phenoxy) is 1. The normalized spacial score (nSPS) is 19.5. The summed E-state index contributed by atoms with van der Waals surface area (Å²) >= 11 is 1.40. The van der Waals surface area contributed by atoms with Gasteiger partial charge in [-0.15, -0.1) is 11.3 Å². The van der Waals surface area contributed by atoms with Gasteiger partial charge in [0, 0.05) is 16.0 Å². The summed E-state index contributed by atoms with van der Waals surface area (Å²) in [4.78, 5) is 26.5. The number of nitriles is 1. The van der Waals surface area contributed by atoms with E-state index in [1.54, 1.807) is 24.3 Å². The van der Waals surface area contributed by atoms with E-state index in [1.165, 1.54) is 11.3 Å². The largest absolute Gasteiger partial charge is 0.436 e. The third-order valence-corrected chi connectivity index (χ3v) is 5.05. The van der Waals surface area contributed by atoms with Crippen LogP contribution in [0.1, 0.15) is 31.5 Å². The molecule has 5 nitrogen and oxygen atoms in total. The minimum atomic E-state index is -0.677. The van der Waals surface area contributed by atoms with E-state index in [1.807, 2.05) is 23.6 Å². The molecule has 1 atom stereocenters. The fourth-order valence-corrected chi connectivity index (χ4v) is 3.89. The molecule has 4 rings (SSSR count). The predicted octanol–water partition coefficient (Wildman–Crippen LogP) is 2.89. The molecule has 116 valence electrons. The summed E-state index contributed by atoms with van der Waals surface area (Å²) in [6, 6.07) is 12.2. The molecule has 2 N–H and O–H groups in total. The molecular formula is C18H10N2O3S. The Balaban J connectivity index is 1.99. The molecule has 1 aromatic carbocycles. The first-order chi connectivity index (χ1) is 11.6. The number of carbonyl (C=O) groups is 2. The number of nitrogens with two attached hydrogens (primary N) is 1. The van der Waals surface area contributed by atoms with Gasteiger partial charge in [0.1, 0.15) is 11.6 Å². The highest BCUT2D eigenvalue weighted by Gasteiger charge is 2.43. The summed E-state index contributed by atoms with van der Waals surface area (Å²) in [5, 5.41) is 11.3. The smallest absolute Gasteiger partial charge is 0.229 e. The van der Waals surface area contributed by atoms with Gasteiger partial charge in [-0.05, 0) is 11.4 Å². The SMILES string of the molecule is N#CC1=C(N)OC2=C(C(=O)c3ccccc3C2=O)C1c1cccs1. The predicted molar refractivity (Wildman–Crippen MR) is 87.1 cm³/mol. The molecule has 1 aliphatic heterocycles. The third-order valence-electron chi connectivity index (χ3n) is 4.11. The van der Waals surface area contributed by atoms with Crippen LogP contribution < -0.4 is 5.73 Å². The van der Waals surface area contributed by atoms with E-state index in [9.17, 15) is 14.9 Å². The van der Waals surface area contributed by atoms with Gasteiger partial charge in [0.25, 0.3) is 0 Å². The highest BCUT2D eigenvalue weighted by molar-refractivity contribution is 7.10. The minimum absolute atomic E-state index is 0.0754. The van der Waals surface area contributed by atoms with Gasteiger partial charge in [0.2, 0.25) is 11.7 Å². The van der Waals surface area contributed by atoms with Crippen LogP contribution in [0.25, 0.3) is 0 Å². The van der Waals surface area contributed by atoms with Crippen molar-refractivity contribution in [2.75, 3.05) is 0 Å². The van der Waals surface area contributed by atoms with Gasteiger partial charge < -0.3 is 10.5 Å². The van der Waals surface area contributed by atoms with E-state index in [-0.39, 0.29) is 34.4 Å². The van der Waals surface area contributed by atoms with Crippen molar-refractivity contribution in [2.45, 2.75) is 5.92 Å². The zero-order valence-electron chi connectivity index (χ0n) is 12.3. The third kappa shape index (κ3) is 1.85. The summed E-state index contributed by atoms with van der Waals surface area (Å²) in [7, 11) is 0. The first kappa shape index (κ1) is 14.4. The maximum absolute atomic E-state index is 13.0. The van der Waals surface area contributed by atoms with Crippen LogP contribution in [-0.4, -0.2) is 11.6 Å². The standard InChI is InChI=1S/C18H10N2O3S/c19-8-11-13(12-6-3-7-24-12)14-15(21)9-4-1-2-5-10(9)16(22)17(14)23-18(11)20/h1-7,13H,20H2. The first-order valence-electron chi connectivity index (χ1n) is 7.17. The van der Waals surface area contributed by atoms with Crippen molar-refractivity contribution in [1.29, 1.82) is 5.26 Å². The summed E-state index contributed by atoms with van der Waals surface area (Å²) in [6.45, 7) is 0.